The lowest BCUT2D eigenvalue weighted by molar-refractivity contribution is 0.123. The molecule has 238 valence electrons. The van der Waals surface area contributed by atoms with Gasteiger partial charge in [0.25, 0.3) is 0 Å². The van der Waals surface area contributed by atoms with E-state index in [0.29, 0.717) is 35.8 Å². The average Bonchev–Trinajstić information content (AvgIpc) is 3.64. The zero-order chi connectivity index (χ0) is 32.3. The minimum absolute atomic E-state index is 0.379. The third-order valence-electron chi connectivity index (χ3n) is 9.71. The molecule has 4 rings (SSSR count). The molecule has 0 radical (unpaired) electrons. The molecule has 0 saturated heterocycles. The number of benzene rings is 2. The monoisotopic (exact) mass is 594 g/mol. The number of H-pyrrole nitrogens is 2. The fourth-order valence-electron chi connectivity index (χ4n) is 6.64. The third kappa shape index (κ3) is 7.41. The fraction of sp³-hybridized carbons (Fsp3) is 0.500. The van der Waals surface area contributed by atoms with Crippen LogP contribution in [0.1, 0.15) is 127 Å². The highest BCUT2D eigenvalue weighted by atomic mass is 15.2. The SMILES string of the molecule is CC(C)c1cccc(C(C)C)c1-c1ccc(CN(C)C(C)C(C)N(C)Cc2ccc(-c3c(C(C)C)cccc3C(C)C)[nH]2)[nH]1. The van der Waals surface area contributed by atoms with Crippen LogP contribution in [-0.4, -0.2) is 45.9 Å². The molecule has 4 nitrogen and oxygen atoms in total. The first-order valence-corrected chi connectivity index (χ1v) is 16.8. The van der Waals surface area contributed by atoms with Gasteiger partial charge in [-0.05, 0) is 98.1 Å². The largest absolute Gasteiger partial charge is 0.357 e. The van der Waals surface area contributed by atoms with Gasteiger partial charge in [0, 0.05) is 59.1 Å². The van der Waals surface area contributed by atoms with Crippen molar-refractivity contribution >= 4 is 0 Å². The van der Waals surface area contributed by atoms with Crippen molar-refractivity contribution in [2.75, 3.05) is 14.1 Å². The van der Waals surface area contributed by atoms with Gasteiger partial charge in [-0.3, -0.25) is 9.80 Å². The summed E-state index contributed by atoms with van der Waals surface area (Å²) in [5, 5.41) is 0. The van der Waals surface area contributed by atoms with Gasteiger partial charge in [0.05, 0.1) is 0 Å². The summed E-state index contributed by atoms with van der Waals surface area (Å²) >= 11 is 0. The second-order valence-corrected chi connectivity index (χ2v) is 14.3. The normalized spacial score (nSPS) is 13.8. The predicted octanol–water partition coefficient (Wildman–Crippen LogP) is 10.5. The van der Waals surface area contributed by atoms with Gasteiger partial charge in [0.2, 0.25) is 0 Å². The number of rotatable bonds is 13. The Morgan fingerprint density at radius 3 is 1.02 bits per heavy atom. The van der Waals surface area contributed by atoms with Gasteiger partial charge in [-0.2, -0.15) is 0 Å². The highest BCUT2D eigenvalue weighted by molar-refractivity contribution is 5.71. The molecule has 0 saturated carbocycles. The topological polar surface area (TPSA) is 38.1 Å². The highest BCUT2D eigenvalue weighted by Crippen LogP contribution is 2.37. The molecule has 0 aliphatic rings. The Hall–Kier alpha value is -3.08. The number of hydrogen-bond acceptors (Lipinski definition) is 2. The lowest BCUT2D eigenvalue weighted by atomic mass is 9.87. The standard InChI is InChI=1S/C40H58N4/c1-25(2)33-15-13-16-34(26(3)4)39(33)37-21-19-31(41-37)23-43(11)29(9)30(10)44(12)24-32-20-22-38(42-32)40-35(27(5)6)17-14-18-36(40)28(7)8/h13-22,25-30,41-42H,23-24H2,1-12H3. The van der Waals surface area contributed by atoms with Gasteiger partial charge in [-0.1, -0.05) is 91.8 Å². The molecule has 4 heteroatoms. The van der Waals surface area contributed by atoms with E-state index in [1.807, 2.05) is 0 Å². The lowest BCUT2D eigenvalue weighted by Gasteiger charge is -2.35. The molecule has 0 fully saturated rings. The summed E-state index contributed by atoms with van der Waals surface area (Å²) in [5.74, 6) is 1.92. The Morgan fingerprint density at radius 1 is 0.455 bits per heavy atom. The molecule has 44 heavy (non-hydrogen) atoms. The maximum atomic E-state index is 3.80. The van der Waals surface area contributed by atoms with Gasteiger partial charge in [-0.25, -0.2) is 0 Å². The fourth-order valence-corrected chi connectivity index (χ4v) is 6.64. The smallest absolute Gasteiger partial charge is 0.0462 e. The lowest BCUT2D eigenvalue weighted by Crippen LogP contribution is -2.45. The van der Waals surface area contributed by atoms with Gasteiger partial charge in [-0.15, -0.1) is 0 Å². The van der Waals surface area contributed by atoms with Crippen LogP contribution < -0.4 is 0 Å². The van der Waals surface area contributed by atoms with E-state index in [1.165, 1.54) is 56.2 Å². The molecular weight excluding hydrogens is 536 g/mol. The zero-order valence-corrected chi connectivity index (χ0v) is 29.5. The third-order valence-corrected chi connectivity index (χ3v) is 9.71. The Bertz CT molecular complexity index is 1340. The van der Waals surface area contributed by atoms with E-state index in [-0.39, 0.29) is 0 Å². The molecule has 2 atom stereocenters. The molecule has 2 aromatic heterocycles. The minimum Gasteiger partial charge on any atom is -0.357 e. The van der Waals surface area contributed by atoms with Crippen LogP contribution in [-0.2, 0) is 13.1 Å². The average molecular weight is 595 g/mol. The van der Waals surface area contributed by atoms with Crippen molar-refractivity contribution in [1.29, 1.82) is 0 Å². The van der Waals surface area contributed by atoms with E-state index in [4.69, 9.17) is 0 Å². The van der Waals surface area contributed by atoms with Crippen molar-refractivity contribution < 1.29 is 0 Å². The second kappa shape index (κ2) is 14.3. The summed E-state index contributed by atoms with van der Waals surface area (Å²) in [6.07, 6.45) is 0. The maximum Gasteiger partial charge on any atom is 0.0462 e. The van der Waals surface area contributed by atoms with Crippen LogP contribution in [0.25, 0.3) is 22.5 Å². The molecule has 2 N–H and O–H groups in total. The van der Waals surface area contributed by atoms with E-state index < -0.39 is 0 Å². The molecule has 2 unspecified atom stereocenters. The molecular formula is C40H58N4. The summed E-state index contributed by atoms with van der Waals surface area (Å²) in [6, 6.07) is 23.4. The molecule has 0 amide bonds. The van der Waals surface area contributed by atoms with Crippen LogP contribution in [0.15, 0.2) is 60.7 Å². The second-order valence-electron chi connectivity index (χ2n) is 14.3. The molecule has 2 aromatic carbocycles. The first-order valence-electron chi connectivity index (χ1n) is 16.8. The van der Waals surface area contributed by atoms with Crippen LogP contribution in [0.3, 0.4) is 0 Å². The number of aromatic amines is 2. The van der Waals surface area contributed by atoms with E-state index in [0.717, 1.165) is 13.1 Å². The minimum atomic E-state index is 0.379. The summed E-state index contributed by atoms with van der Waals surface area (Å²) in [4.78, 5) is 12.5. The molecule has 0 aliphatic heterocycles. The van der Waals surface area contributed by atoms with Crippen molar-refractivity contribution in [3.8, 4) is 22.5 Å². The summed E-state index contributed by atoms with van der Waals surface area (Å²) in [6.45, 7) is 24.8. The summed E-state index contributed by atoms with van der Waals surface area (Å²) < 4.78 is 0. The van der Waals surface area contributed by atoms with Crippen LogP contribution >= 0.6 is 0 Å². The summed E-state index contributed by atoms with van der Waals surface area (Å²) in [5.41, 5.74) is 13.4. The van der Waals surface area contributed by atoms with Crippen molar-refractivity contribution in [3.63, 3.8) is 0 Å². The molecule has 0 bridgehead atoms. The quantitative estimate of drug-likeness (QED) is 0.162. The van der Waals surface area contributed by atoms with E-state index in [2.05, 4.69) is 164 Å². The highest BCUT2D eigenvalue weighted by Gasteiger charge is 2.23. The number of hydrogen-bond donors (Lipinski definition) is 2. The van der Waals surface area contributed by atoms with E-state index >= 15 is 0 Å². The first-order chi connectivity index (χ1) is 20.8. The van der Waals surface area contributed by atoms with Crippen LogP contribution in [0, 0.1) is 0 Å². The van der Waals surface area contributed by atoms with Gasteiger partial charge in [0.1, 0.15) is 0 Å². The van der Waals surface area contributed by atoms with E-state index in [9.17, 15) is 0 Å². The Balaban J connectivity index is 1.46. The number of likely N-dealkylation sites (N-methyl/N-ethyl adjacent to an activating group) is 2. The Labute approximate surface area is 268 Å². The number of nitrogens with one attached hydrogen (secondary N) is 2. The predicted molar refractivity (Wildman–Crippen MR) is 191 cm³/mol. The number of aromatic nitrogens is 2. The van der Waals surface area contributed by atoms with Crippen LogP contribution in [0.5, 0.6) is 0 Å². The van der Waals surface area contributed by atoms with E-state index in [1.54, 1.807) is 0 Å². The maximum absolute atomic E-state index is 3.80. The Kier molecular flexibility index (Phi) is 11.0. The summed E-state index contributed by atoms with van der Waals surface area (Å²) in [7, 11) is 4.50. The zero-order valence-electron chi connectivity index (χ0n) is 29.5. The van der Waals surface area contributed by atoms with Crippen molar-refractivity contribution in [2.24, 2.45) is 0 Å². The Morgan fingerprint density at radius 2 is 0.750 bits per heavy atom. The van der Waals surface area contributed by atoms with Gasteiger partial charge >= 0.3 is 0 Å². The molecule has 4 aromatic rings. The van der Waals surface area contributed by atoms with Gasteiger partial charge < -0.3 is 9.97 Å². The van der Waals surface area contributed by atoms with Crippen LogP contribution in [0.2, 0.25) is 0 Å². The molecule has 2 heterocycles. The van der Waals surface area contributed by atoms with Crippen molar-refractivity contribution in [2.45, 2.75) is 118 Å². The first kappa shape index (κ1) is 33.8. The van der Waals surface area contributed by atoms with Crippen molar-refractivity contribution in [3.05, 3.63) is 94.3 Å². The van der Waals surface area contributed by atoms with Crippen molar-refractivity contribution in [1.82, 2.24) is 19.8 Å². The molecule has 0 aliphatic carbocycles. The van der Waals surface area contributed by atoms with Gasteiger partial charge in [0.15, 0.2) is 0 Å². The number of nitrogens with zero attached hydrogens (tertiary/aromatic N) is 2. The van der Waals surface area contributed by atoms with Crippen LogP contribution in [0.4, 0.5) is 0 Å². The molecule has 0 spiro atoms.